The molecule has 0 radical (unpaired) electrons. The van der Waals surface area contributed by atoms with E-state index in [-0.39, 0.29) is 42.3 Å². The van der Waals surface area contributed by atoms with Crippen LogP contribution >= 0.6 is 11.3 Å². The third-order valence-corrected chi connectivity index (χ3v) is 7.24. The maximum Gasteiger partial charge on any atom is 0.254 e. The average molecular weight is 467 g/mol. The zero-order valence-electron chi connectivity index (χ0n) is 17.5. The molecule has 1 atom stereocenters. The van der Waals surface area contributed by atoms with Gasteiger partial charge in [-0.2, -0.15) is 0 Å². The van der Waals surface area contributed by atoms with Crippen LogP contribution in [0, 0.1) is 12.8 Å². The number of methoxy groups -OCH3 is 1. The Morgan fingerprint density at radius 3 is 2.87 bits per heavy atom. The minimum atomic E-state index is -3.76. The maximum absolute atomic E-state index is 13.2. The van der Waals surface area contributed by atoms with Gasteiger partial charge in [0.25, 0.3) is 5.91 Å². The molecule has 2 N–H and O–H groups in total. The van der Waals surface area contributed by atoms with Crippen molar-refractivity contribution in [1.82, 2.24) is 14.6 Å². The van der Waals surface area contributed by atoms with Crippen molar-refractivity contribution in [2.45, 2.75) is 24.7 Å². The minimum Gasteiger partial charge on any atom is -0.383 e. The first kappa shape index (κ1) is 23.3. The first-order chi connectivity index (χ1) is 14.8. The number of amides is 2. The van der Waals surface area contributed by atoms with Crippen molar-refractivity contribution >= 4 is 38.3 Å². The van der Waals surface area contributed by atoms with Gasteiger partial charge in [0.2, 0.25) is 15.9 Å². The SMILES string of the molecule is COCCNS(=O)(=O)c1ccc(C)c(C(=O)N2CCCC(C(=O)Nc3nccs3)C2)c1. The monoisotopic (exact) mass is 466 g/mol. The van der Waals surface area contributed by atoms with E-state index in [9.17, 15) is 18.0 Å². The van der Waals surface area contributed by atoms with Gasteiger partial charge in [-0.15, -0.1) is 11.3 Å². The predicted molar refractivity (Wildman–Crippen MR) is 118 cm³/mol. The lowest BCUT2D eigenvalue weighted by Crippen LogP contribution is -2.44. The van der Waals surface area contributed by atoms with Crippen LogP contribution in [0.4, 0.5) is 5.13 Å². The molecular weight excluding hydrogens is 440 g/mol. The summed E-state index contributed by atoms with van der Waals surface area (Å²) < 4.78 is 32.3. The highest BCUT2D eigenvalue weighted by atomic mass is 32.2. The van der Waals surface area contributed by atoms with Crippen molar-refractivity contribution in [3.05, 3.63) is 40.9 Å². The summed E-state index contributed by atoms with van der Waals surface area (Å²) in [6.07, 6.45) is 2.99. The van der Waals surface area contributed by atoms with Crippen molar-refractivity contribution in [2.24, 2.45) is 5.92 Å². The third kappa shape index (κ3) is 5.88. The van der Waals surface area contributed by atoms with E-state index in [4.69, 9.17) is 4.74 Å². The van der Waals surface area contributed by atoms with Gasteiger partial charge in [-0.05, 0) is 37.5 Å². The summed E-state index contributed by atoms with van der Waals surface area (Å²) in [6, 6.07) is 4.49. The molecule has 1 saturated heterocycles. The standard InChI is InChI=1S/C20H26N4O5S2/c1-14-5-6-16(31(27,28)22-7-10-29-2)12-17(14)19(26)24-9-3-4-15(13-24)18(25)23-20-21-8-11-30-20/h5-6,8,11-12,15,22H,3-4,7,9-10,13H2,1-2H3,(H,21,23,25). The molecule has 2 heterocycles. The lowest BCUT2D eigenvalue weighted by molar-refractivity contribution is -0.121. The number of nitrogens with one attached hydrogen (secondary N) is 2. The second-order valence-corrected chi connectivity index (χ2v) is 9.95. The Balaban J connectivity index is 1.73. The van der Waals surface area contributed by atoms with Crippen LogP contribution in [0.25, 0.3) is 0 Å². The summed E-state index contributed by atoms with van der Waals surface area (Å²) in [5.41, 5.74) is 0.991. The fourth-order valence-corrected chi connectivity index (χ4v) is 4.97. The number of thiazole rings is 1. The highest BCUT2D eigenvalue weighted by Gasteiger charge is 2.30. The molecule has 3 rings (SSSR count). The number of hydrogen-bond acceptors (Lipinski definition) is 7. The molecule has 1 aromatic heterocycles. The molecule has 1 unspecified atom stereocenters. The van der Waals surface area contributed by atoms with Crippen LogP contribution in [0.1, 0.15) is 28.8 Å². The molecule has 2 aromatic rings. The fourth-order valence-electron chi connectivity index (χ4n) is 3.40. The number of rotatable bonds is 8. The number of aryl methyl sites for hydroxylation is 1. The zero-order chi connectivity index (χ0) is 22.4. The Kier molecular flexibility index (Phi) is 7.76. The number of aromatic nitrogens is 1. The highest BCUT2D eigenvalue weighted by Crippen LogP contribution is 2.23. The second-order valence-electron chi connectivity index (χ2n) is 7.28. The van der Waals surface area contributed by atoms with Gasteiger partial charge in [0.1, 0.15) is 0 Å². The van der Waals surface area contributed by atoms with Crippen LogP contribution in [0.15, 0.2) is 34.7 Å². The maximum atomic E-state index is 13.2. The number of anilines is 1. The van der Waals surface area contributed by atoms with E-state index in [1.807, 2.05) is 0 Å². The summed E-state index contributed by atoms with van der Waals surface area (Å²) in [5, 5.41) is 5.10. The van der Waals surface area contributed by atoms with Gasteiger partial charge in [0.15, 0.2) is 5.13 Å². The van der Waals surface area contributed by atoms with Crippen LogP contribution in [0.3, 0.4) is 0 Å². The van der Waals surface area contributed by atoms with Crippen LogP contribution in [0.2, 0.25) is 0 Å². The molecule has 2 amide bonds. The number of sulfonamides is 1. The van der Waals surface area contributed by atoms with Gasteiger partial charge in [0, 0.05) is 43.9 Å². The van der Waals surface area contributed by atoms with Gasteiger partial charge >= 0.3 is 0 Å². The number of carbonyl (C=O) groups excluding carboxylic acids is 2. The second kappa shape index (κ2) is 10.3. The summed E-state index contributed by atoms with van der Waals surface area (Å²) in [6.45, 7) is 2.94. The fraction of sp³-hybridized carbons (Fsp3) is 0.450. The Morgan fingerprint density at radius 2 is 2.16 bits per heavy atom. The van der Waals surface area contributed by atoms with Gasteiger partial charge in [-0.3, -0.25) is 9.59 Å². The first-order valence-electron chi connectivity index (χ1n) is 9.90. The Morgan fingerprint density at radius 1 is 1.35 bits per heavy atom. The van der Waals surface area contributed by atoms with E-state index in [0.29, 0.717) is 35.6 Å². The molecule has 31 heavy (non-hydrogen) atoms. The van der Waals surface area contributed by atoms with Crippen molar-refractivity contribution in [2.75, 3.05) is 38.7 Å². The van der Waals surface area contributed by atoms with E-state index in [1.54, 1.807) is 29.5 Å². The molecule has 0 aliphatic carbocycles. The lowest BCUT2D eigenvalue weighted by Gasteiger charge is -2.32. The zero-order valence-corrected chi connectivity index (χ0v) is 19.1. The molecule has 0 saturated carbocycles. The van der Waals surface area contributed by atoms with Crippen LogP contribution < -0.4 is 10.0 Å². The topological polar surface area (TPSA) is 118 Å². The van der Waals surface area contributed by atoms with Crippen LogP contribution in [-0.4, -0.2) is 63.5 Å². The van der Waals surface area contributed by atoms with E-state index in [1.165, 1.54) is 30.6 Å². The van der Waals surface area contributed by atoms with Gasteiger partial charge in [0.05, 0.1) is 17.4 Å². The third-order valence-electron chi connectivity index (χ3n) is 5.09. The number of carbonyl (C=O) groups is 2. The van der Waals surface area contributed by atoms with Crippen molar-refractivity contribution in [1.29, 1.82) is 0 Å². The largest absolute Gasteiger partial charge is 0.383 e. The summed E-state index contributed by atoms with van der Waals surface area (Å²) >= 11 is 1.34. The molecule has 1 fully saturated rings. The quantitative estimate of drug-likeness (QED) is 0.574. The Hall–Kier alpha value is -2.34. The van der Waals surface area contributed by atoms with Crippen molar-refractivity contribution < 1.29 is 22.7 Å². The van der Waals surface area contributed by atoms with E-state index in [2.05, 4.69) is 15.0 Å². The molecule has 0 bridgehead atoms. The van der Waals surface area contributed by atoms with Gasteiger partial charge < -0.3 is 15.0 Å². The van der Waals surface area contributed by atoms with Crippen LogP contribution in [-0.2, 0) is 19.6 Å². The first-order valence-corrected chi connectivity index (χ1v) is 12.3. The Labute approximate surface area is 185 Å². The van der Waals surface area contributed by atoms with Crippen LogP contribution in [0.5, 0.6) is 0 Å². The average Bonchev–Trinajstić information content (AvgIpc) is 3.26. The molecule has 0 spiro atoms. The number of nitrogens with zero attached hydrogens (tertiary/aromatic N) is 2. The van der Waals surface area contributed by atoms with E-state index < -0.39 is 10.0 Å². The molecule has 11 heteroatoms. The molecule has 168 valence electrons. The highest BCUT2D eigenvalue weighted by molar-refractivity contribution is 7.89. The molecule has 1 aliphatic rings. The smallest absolute Gasteiger partial charge is 0.254 e. The number of likely N-dealkylation sites (tertiary alicyclic amines) is 1. The van der Waals surface area contributed by atoms with Crippen molar-refractivity contribution in [3.63, 3.8) is 0 Å². The summed E-state index contributed by atoms with van der Waals surface area (Å²) in [4.78, 5) is 31.5. The molecular formula is C20H26N4O5S2. The summed E-state index contributed by atoms with van der Waals surface area (Å²) in [7, 11) is -2.27. The molecule has 1 aromatic carbocycles. The normalized spacial score (nSPS) is 16.8. The minimum absolute atomic E-state index is 0.0209. The number of ether oxygens (including phenoxy) is 1. The number of hydrogen-bond donors (Lipinski definition) is 2. The number of piperidine rings is 1. The Bertz CT molecular complexity index is 1020. The summed E-state index contributed by atoms with van der Waals surface area (Å²) in [5.74, 6) is -0.787. The van der Waals surface area contributed by atoms with E-state index in [0.717, 1.165) is 0 Å². The van der Waals surface area contributed by atoms with Gasteiger partial charge in [-0.1, -0.05) is 6.07 Å². The molecule has 9 nitrogen and oxygen atoms in total. The van der Waals surface area contributed by atoms with Crippen molar-refractivity contribution in [3.8, 4) is 0 Å². The molecule has 1 aliphatic heterocycles. The number of benzene rings is 1. The lowest BCUT2D eigenvalue weighted by atomic mass is 9.96. The predicted octanol–water partition coefficient (Wildman–Crippen LogP) is 1.87. The van der Waals surface area contributed by atoms with Gasteiger partial charge in [-0.25, -0.2) is 18.1 Å². The van der Waals surface area contributed by atoms with E-state index >= 15 is 0 Å².